The zero-order valence-electron chi connectivity index (χ0n) is 16.5. The lowest BCUT2D eigenvalue weighted by Crippen LogP contribution is -2.28. The number of carbonyl (C=O) groups is 2. The Bertz CT molecular complexity index is 1220. The van der Waals surface area contributed by atoms with Gasteiger partial charge in [0, 0.05) is 5.56 Å². The van der Waals surface area contributed by atoms with Crippen molar-refractivity contribution in [2.45, 2.75) is 18.3 Å². The summed E-state index contributed by atoms with van der Waals surface area (Å²) < 4.78 is 25.3. The number of rotatable bonds is 5. The van der Waals surface area contributed by atoms with Crippen LogP contribution >= 0.6 is 0 Å². The van der Waals surface area contributed by atoms with Gasteiger partial charge in [-0.1, -0.05) is 24.3 Å². The number of hydrogen-bond acceptors (Lipinski definition) is 4. The Balaban J connectivity index is 1.42. The topological polar surface area (TPSA) is 90.7 Å². The van der Waals surface area contributed by atoms with Crippen LogP contribution in [-0.2, 0) is 10.2 Å². The van der Waals surface area contributed by atoms with E-state index in [2.05, 4.69) is 5.32 Å². The molecule has 31 heavy (non-hydrogen) atoms. The third-order valence-corrected chi connectivity index (χ3v) is 5.80. The Morgan fingerprint density at radius 2 is 1.71 bits per heavy atom. The summed E-state index contributed by atoms with van der Waals surface area (Å²) >= 11 is 0. The Hall–Kier alpha value is -3.87. The van der Waals surface area contributed by atoms with E-state index in [1.165, 1.54) is 6.07 Å². The number of halogens is 1. The number of hydrogen-bond donors (Lipinski definition) is 2. The van der Waals surface area contributed by atoms with Gasteiger partial charge in [-0.2, -0.15) is 0 Å². The van der Waals surface area contributed by atoms with E-state index in [4.69, 9.17) is 15.2 Å². The first-order chi connectivity index (χ1) is 15.0. The van der Waals surface area contributed by atoms with Gasteiger partial charge in [-0.05, 0) is 65.9 Å². The van der Waals surface area contributed by atoms with E-state index in [1.807, 2.05) is 12.1 Å². The van der Waals surface area contributed by atoms with Crippen LogP contribution in [0.2, 0.25) is 0 Å². The van der Waals surface area contributed by atoms with Crippen LogP contribution in [0.15, 0.2) is 60.7 Å². The summed E-state index contributed by atoms with van der Waals surface area (Å²) in [6.07, 6.45) is 1.33. The largest absolute Gasteiger partial charge is 0.454 e. The number of primary amides is 1. The molecule has 0 saturated heterocycles. The minimum Gasteiger partial charge on any atom is -0.454 e. The zero-order valence-corrected chi connectivity index (χ0v) is 16.5. The molecule has 1 aliphatic carbocycles. The Kier molecular flexibility index (Phi) is 4.39. The first-order valence-corrected chi connectivity index (χ1v) is 9.88. The number of fused-ring (bicyclic) bond motifs is 1. The van der Waals surface area contributed by atoms with Crippen LogP contribution in [0.4, 0.5) is 10.1 Å². The van der Waals surface area contributed by atoms with E-state index in [-0.39, 0.29) is 18.4 Å². The molecule has 0 atom stereocenters. The van der Waals surface area contributed by atoms with Crippen LogP contribution in [0, 0.1) is 5.82 Å². The highest BCUT2D eigenvalue weighted by molar-refractivity contribution is 6.02. The second-order valence-corrected chi connectivity index (χ2v) is 7.74. The quantitative estimate of drug-likeness (QED) is 0.656. The molecule has 6 nitrogen and oxygen atoms in total. The summed E-state index contributed by atoms with van der Waals surface area (Å²) in [6.45, 7) is 0.160. The Labute approximate surface area is 177 Å². The second-order valence-electron chi connectivity index (χ2n) is 7.74. The standard InChI is InChI=1S/C24H19FN2O4/c25-18-6-4-15(14-2-1-3-16(10-14)22(26)28)11-19(18)27-23(29)24(8-9-24)17-5-7-20-21(12-17)31-13-30-20/h1-7,10-12H,8-9,13H2,(H2,26,28)(H,27,29). The number of nitrogens with one attached hydrogen (secondary N) is 1. The van der Waals surface area contributed by atoms with Crippen LogP contribution < -0.4 is 20.5 Å². The van der Waals surface area contributed by atoms with Crippen LogP contribution in [0.3, 0.4) is 0 Å². The minimum absolute atomic E-state index is 0.0824. The summed E-state index contributed by atoms with van der Waals surface area (Å²) in [6, 6.07) is 16.6. The second kappa shape index (κ2) is 7.12. The van der Waals surface area contributed by atoms with Gasteiger partial charge in [-0.3, -0.25) is 9.59 Å². The molecule has 3 N–H and O–H groups in total. The fourth-order valence-electron chi connectivity index (χ4n) is 3.86. The van der Waals surface area contributed by atoms with Crippen molar-refractivity contribution in [3.05, 3.63) is 77.6 Å². The fraction of sp³-hybridized carbons (Fsp3) is 0.167. The summed E-state index contributed by atoms with van der Waals surface area (Å²) in [5.41, 5.74) is 7.25. The number of nitrogens with two attached hydrogens (primary N) is 1. The summed E-state index contributed by atoms with van der Waals surface area (Å²) in [5.74, 6) is -0.0918. The van der Waals surface area contributed by atoms with Crippen molar-refractivity contribution in [3.8, 4) is 22.6 Å². The molecule has 1 saturated carbocycles. The predicted molar refractivity (Wildman–Crippen MR) is 112 cm³/mol. The minimum atomic E-state index is -0.713. The third-order valence-electron chi connectivity index (χ3n) is 5.80. The van der Waals surface area contributed by atoms with E-state index >= 15 is 0 Å². The first kappa shape index (κ1) is 19.1. The van der Waals surface area contributed by atoms with Gasteiger partial charge in [0.15, 0.2) is 11.5 Å². The van der Waals surface area contributed by atoms with E-state index in [0.717, 1.165) is 5.56 Å². The molecule has 2 aliphatic rings. The molecule has 0 spiro atoms. The zero-order chi connectivity index (χ0) is 21.6. The average molecular weight is 418 g/mol. The lowest BCUT2D eigenvalue weighted by molar-refractivity contribution is -0.118. The van der Waals surface area contributed by atoms with E-state index in [0.29, 0.717) is 41.0 Å². The molecule has 2 amide bonds. The van der Waals surface area contributed by atoms with Crippen LogP contribution in [0.1, 0.15) is 28.8 Å². The summed E-state index contributed by atoms with van der Waals surface area (Å²) in [4.78, 5) is 24.6. The van der Waals surface area contributed by atoms with Gasteiger partial charge < -0.3 is 20.5 Å². The van der Waals surface area contributed by atoms with Gasteiger partial charge in [0.25, 0.3) is 0 Å². The van der Waals surface area contributed by atoms with Crippen LogP contribution in [0.25, 0.3) is 11.1 Å². The van der Waals surface area contributed by atoms with E-state index in [1.54, 1.807) is 42.5 Å². The maximum absolute atomic E-state index is 14.5. The maximum Gasteiger partial charge on any atom is 0.248 e. The normalized spacial score (nSPS) is 15.4. The molecule has 0 unspecified atom stereocenters. The number of anilines is 1. The highest BCUT2D eigenvalue weighted by Gasteiger charge is 2.51. The fourth-order valence-corrected chi connectivity index (χ4v) is 3.86. The summed E-state index contributed by atoms with van der Waals surface area (Å²) in [7, 11) is 0. The van der Waals surface area contributed by atoms with Crippen molar-refractivity contribution in [1.29, 1.82) is 0 Å². The van der Waals surface area contributed by atoms with Crippen molar-refractivity contribution in [3.63, 3.8) is 0 Å². The first-order valence-electron chi connectivity index (χ1n) is 9.88. The molecule has 0 bridgehead atoms. The van der Waals surface area contributed by atoms with Gasteiger partial charge >= 0.3 is 0 Å². The molecule has 0 aromatic heterocycles. The van der Waals surface area contributed by atoms with Crippen LogP contribution in [-0.4, -0.2) is 18.6 Å². The van der Waals surface area contributed by atoms with Gasteiger partial charge in [0.05, 0.1) is 11.1 Å². The number of benzene rings is 3. The molecule has 0 radical (unpaired) electrons. The van der Waals surface area contributed by atoms with E-state index < -0.39 is 17.1 Å². The van der Waals surface area contributed by atoms with Crippen molar-refractivity contribution in [2.75, 3.05) is 12.1 Å². The van der Waals surface area contributed by atoms with Crippen molar-refractivity contribution in [2.24, 2.45) is 5.73 Å². The van der Waals surface area contributed by atoms with Crippen molar-refractivity contribution < 1.29 is 23.5 Å². The van der Waals surface area contributed by atoms with Crippen LogP contribution in [0.5, 0.6) is 11.5 Å². The highest BCUT2D eigenvalue weighted by atomic mass is 19.1. The molecule has 3 aromatic rings. The molecular formula is C24H19FN2O4. The number of carbonyl (C=O) groups excluding carboxylic acids is 2. The maximum atomic E-state index is 14.5. The number of amides is 2. The Morgan fingerprint density at radius 1 is 0.935 bits per heavy atom. The monoisotopic (exact) mass is 418 g/mol. The predicted octanol–water partition coefficient (Wildman–Crippen LogP) is 3.99. The van der Waals surface area contributed by atoms with Crippen molar-refractivity contribution in [1.82, 2.24) is 0 Å². The lowest BCUT2D eigenvalue weighted by Gasteiger charge is -2.17. The molecule has 7 heteroatoms. The van der Waals surface area contributed by atoms with Gasteiger partial charge in [-0.15, -0.1) is 0 Å². The highest BCUT2D eigenvalue weighted by Crippen LogP contribution is 2.51. The molecule has 5 rings (SSSR count). The summed E-state index contributed by atoms with van der Waals surface area (Å²) in [5, 5.41) is 2.75. The lowest BCUT2D eigenvalue weighted by atomic mass is 9.94. The smallest absolute Gasteiger partial charge is 0.248 e. The van der Waals surface area contributed by atoms with Gasteiger partial charge in [0.1, 0.15) is 5.82 Å². The molecule has 1 heterocycles. The molecule has 1 fully saturated rings. The average Bonchev–Trinajstić information content (AvgIpc) is 3.46. The molecular weight excluding hydrogens is 399 g/mol. The van der Waals surface area contributed by atoms with E-state index in [9.17, 15) is 14.0 Å². The third kappa shape index (κ3) is 3.38. The SMILES string of the molecule is NC(=O)c1cccc(-c2ccc(F)c(NC(=O)C3(c4ccc5c(c4)OCO5)CC3)c2)c1. The van der Waals surface area contributed by atoms with Gasteiger partial charge in [0.2, 0.25) is 18.6 Å². The number of ether oxygens (including phenoxy) is 2. The van der Waals surface area contributed by atoms with Crippen molar-refractivity contribution >= 4 is 17.5 Å². The molecule has 1 aliphatic heterocycles. The molecule has 3 aromatic carbocycles. The molecule has 156 valence electrons. The van der Waals surface area contributed by atoms with Gasteiger partial charge in [-0.25, -0.2) is 4.39 Å². The Morgan fingerprint density at radius 3 is 2.48 bits per heavy atom.